The van der Waals surface area contributed by atoms with Crippen molar-refractivity contribution in [3.05, 3.63) is 43.9 Å². The van der Waals surface area contributed by atoms with Crippen molar-refractivity contribution in [3.8, 4) is 5.75 Å². The maximum Gasteiger partial charge on any atom is 0.335 e. The molecule has 0 atom stereocenters. The minimum Gasteiger partial charge on any atom is -0.485 e. The van der Waals surface area contributed by atoms with Gasteiger partial charge in [-0.05, 0) is 40.8 Å². The van der Waals surface area contributed by atoms with Crippen LogP contribution in [0.4, 0.5) is 0 Å². The number of ether oxygens (including phenoxy) is 1. The summed E-state index contributed by atoms with van der Waals surface area (Å²) in [6.45, 7) is 0.358. The first-order valence-electron chi connectivity index (χ1n) is 4.71. The quantitative estimate of drug-likeness (QED) is 0.851. The fraction of sp³-hybridized carbons (Fsp3) is 0.0909. The fourth-order valence-electron chi connectivity index (χ4n) is 1.21. The summed E-state index contributed by atoms with van der Waals surface area (Å²) >= 11 is 3.61. The molecule has 0 unspecified atom stereocenters. The van der Waals surface area contributed by atoms with E-state index in [0.29, 0.717) is 12.4 Å². The second-order valence-electron chi connectivity index (χ2n) is 3.16. The highest BCUT2D eigenvalue weighted by Crippen LogP contribution is 2.23. The van der Waals surface area contributed by atoms with Gasteiger partial charge in [0.15, 0.2) is 0 Å². The third kappa shape index (κ3) is 3.16. The van der Waals surface area contributed by atoms with Crippen LogP contribution in [0.2, 0.25) is 0 Å². The highest BCUT2D eigenvalue weighted by molar-refractivity contribution is 14.1. The first-order chi connectivity index (χ1) is 8.16. The Kier molecular flexibility index (Phi) is 3.95. The van der Waals surface area contributed by atoms with Crippen LogP contribution in [0.5, 0.6) is 5.75 Å². The number of hydrogen-bond donors (Lipinski definition) is 1. The molecule has 2 rings (SSSR count). The molecule has 6 heteroatoms. The van der Waals surface area contributed by atoms with Gasteiger partial charge in [0.1, 0.15) is 17.4 Å². The van der Waals surface area contributed by atoms with E-state index in [9.17, 15) is 4.79 Å². The summed E-state index contributed by atoms with van der Waals surface area (Å²) in [4.78, 5) is 14.9. The smallest absolute Gasteiger partial charge is 0.335 e. The molecule has 88 valence electrons. The van der Waals surface area contributed by atoms with E-state index in [4.69, 9.17) is 9.84 Å². The van der Waals surface area contributed by atoms with Crippen LogP contribution in [-0.4, -0.2) is 16.1 Å². The maximum absolute atomic E-state index is 10.8. The monoisotopic (exact) mass is 361 g/mol. The molecular weight excluding hydrogens is 353 g/mol. The zero-order chi connectivity index (χ0) is 12.3. The van der Waals surface area contributed by atoms with E-state index in [-0.39, 0.29) is 5.56 Å². The maximum atomic E-state index is 10.8. The molecule has 4 nitrogen and oxygen atoms in total. The van der Waals surface area contributed by atoms with E-state index in [1.54, 1.807) is 18.3 Å². The van der Waals surface area contributed by atoms with E-state index >= 15 is 0 Å². The van der Waals surface area contributed by atoms with Gasteiger partial charge in [-0.25, -0.2) is 9.78 Å². The standard InChI is InChI=1S/C11H8INO3S/c12-8-2-1-7(11(14)15)5-9(8)16-6-10-13-3-4-17-10/h1-5H,6H2,(H,14,15). The molecule has 2 aromatic rings. The van der Waals surface area contributed by atoms with Crippen molar-refractivity contribution in [1.82, 2.24) is 4.98 Å². The lowest BCUT2D eigenvalue weighted by atomic mass is 10.2. The number of aromatic nitrogens is 1. The Bertz CT molecular complexity index is 528. The summed E-state index contributed by atoms with van der Waals surface area (Å²) < 4.78 is 6.43. The van der Waals surface area contributed by atoms with E-state index in [1.165, 1.54) is 17.4 Å². The van der Waals surface area contributed by atoms with Crippen LogP contribution in [0.25, 0.3) is 0 Å². The van der Waals surface area contributed by atoms with Crippen LogP contribution in [0.3, 0.4) is 0 Å². The molecular formula is C11H8INO3S. The molecule has 1 heterocycles. The van der Waals surface area contributed by atoms with Gasteiger partial charge in [-0.15, -0.1) is 11.3 Å². The molecule has 0 radical (unpaired) electrons. The number of aromatic carboxylic acids is 1. The Morgan fingerprint density at radius 3 is 3.00 bits per heavy atom. The normalized spacial score (nSPS) is 10.2. The lowest BCUT2D eigenvalue weighted by Crippen LogP contribution is -2.00. The van der Waals surface area contributed by atoms with Crippen LogP contribution < -0.4 is 4.74 Å². The van der Waals surface area contributed by atoms with Crippen LogP contribution in [0.1, 0.15) is 15.4 Å². The number of halogens is 1. The molecule has 0 fully saturated rings. The average molecular weight is 361 g/mol. The van der Waals surface area contributed by atoms with Gasteiger partial charge in [0, 0.05) is 11.6 Å². The minimum atomic E-state index is -0.958. The highest BCUT2D eigenvalue weighted by Gasteiger charge is 2.08. The first kappa shape index (κ1) is 12.3. The van der Waals surface area contributed by atoms with Gasteiger partial charge in [0.05, 0.1) is 9.13 Å². The van der Waals surface area contributed by atoms with Gasteiger partial charge in [-0.3, -0.25) is 0 Å². The summed E-state index contributed by atoms with van der Waals surface area (Å²) in [6.07, 6.45) is 1.71. The number of carboxylic acids is 1. The van der Waals surface area contributed by atoms with Gasteiger partial charge in [-0.1, -0.05) is 0 Å². The number of carboxylic acid groups (broad SMARTS) is 1. The lowest BCUT2D eigenvalue weighted by Gasteiger charge is -2.07. The molecule has 1 N–H and O–H groups in total. The van der Waals surface area contributed by atoms with Crippen molar-refractivity contribution >= 4 is 39.9 Å². The van der Waals surface area contributed by atoms with Crippen LogP contribution in [0.15, 0.2) is 29.8 Å². The molecule has 0 amide bonds. The SMILES string of the molecule is O=C(O)c1ccc(I)c(OCc2nccs2)c1. The number of nitrogens with zero attached hydrogens (tertiary/aromatic N) is 1. The second-order valence-corrected chi connectivity index (χ2v) is 5.31. The molecule has 1 aromatic carbocycles. The summed E-state index contributed by atoms with van der Waals surface area (Å²) in [5.41, 5.74) is 0.222. The van der Waals surface area contributed by atoms with Gasteiger partial charge in [0.25, 0.3) is 0 Å². The van der Waals surface area contributed by atoms with Gasteiger partial charge < -0.3 is 9.84 Å². The number of rotatable bonds is 4. The minimum absolute atomic E-state index is 0.222. The van der Waals surface area contributed by atoms with E-state index in [0.717, 1.165) is 8.58 Å². The molecule has 17 heavy (non-hydrogen) atoms. The molecule has 0 aliphatic rings. The summed E-state index contributed by atoms with van der Waals surface area (Å²) in [7, 11) is 0. The summed E-state index contributed by atoms with van der Waals surface area (Å²) in [6, 6.07) is 4.80. The van der Waals surface area contributed by atoms with E-state index in [1.807, 2.05) is 5.38 Å². The summed E-state index contributed by atoms with van der Waals surface area (Å²) in [5, 5.41) is 11.6. The third-order valence-corrected chi connectivity index (χ3v) is 3.66. The molecule has 0 saturated carbocycles. The van der Waals surface area contributed by atoms with Crippen LogP contribution >= 0.6 is 33.9 Å². The Morgan fingerprint density at radius 2 is 2.35 bits per heavy atom. The molecule has 1 aromatic heterocycles. The molecule has 0 bridgehead atoms. The van der Waals surface area contributed by atoms with Crippen molar-refractivity contribution in [2.75, 3.05) is 0 Å². The number of hydrogen-bond acceptors (Lipinski definition) is 4. The van der Waals surface area contributed by atoms with Gasteiger partial charge >= 0.3 is 5.97 Å². The van der Waals surface area contributed by atoms with Crippen molar-refractivity contribution in [2.45, 2.75) is 6.61 Å². The Balaban J connectivity index is 2.14. The predicted octanol–water partition coefficient (Wildman–Crippen LogP) is 3.02. The van der Waals surface area contributed by atoms with Gasteiger partial charge in [0.2, 0.25) is 0 Å². The van der Waals surface area contributed by atoms with Gasteiger partial charge in [-0.2, -0.15) is 0 Å². The third-order valence-electron chi connectivity index (χ3n) is 2.01. The number of benzene rings is 1. The first-order valence-corrected chi connectivity index (χ1v) is 6.66. The van der Waals surface area contributed by atoms with E-state index < -0.39 is 5.97 Å². The zero-order valence-electron chi connectivity index (χ0n) is 8.59. The van der Waals surface area contributed by atoms with Crippen molar-refractivity contribution in [2.24, 2.45) is 0 Å². The van der Waals surface area contributed by atoms with Crippen LogP contribution in [-0.2, 0) is 6.61 Å². The number of thiazole rings is 1. The Hall–Kier alpha value is -1.15. The fourth-order valence-corrected chi connectivity index (χ4v) is 2.23. The molecule has 0 aliphatic carbocycles. The van der Waals surface area contributed by atoms with Crippen molar-refractivity contribution in [1.29, 1.82) is 0 Å². The van der Waals surface area contributed by atoms with Crippen molar-refractivity contribution in [3.63, 3.8) is 0 Å². The zero-order valence-corrected chi connectivity index (χ0v) is 11.6. The summed E-state index contributed by atoms with van der Waals surface area (Å²) in [5.74, 6) is -0.388. The molecule has 0 spiro atoms. The predicted molar refractivity (Wildman–Crippen MR) is 72.6 cm³/mol. The lowest BCUT2D eigenvalue weighted by molar-refractivity contribution is 0.0696. The average Bonchev–Trinajstić information content (AvgIpc) is 2.80. The Labute approximate surface area is 115 Å². The van der Waals surface area contributed by atoms with Crippen molar-refractivity contribution < 1.29 is 14.6 Å². The van der Waals surface area contributed by atoms with E-state index in [2.05, 4.69) is 27.6 Å². The van der Waals surface area contributed by atoms with Crippen LogP contribution in [0, 0.1) is 3.57 Å². The number of carbonyl (C=O) groups is 1. The highest BCUT2D eigenvalue weighted by atomic mass is 127. The molecule has 0 aliphatic heterocycles. The second kappa shape index (κ2) is 5.46. The Morgan fingerprint density at radius 1 is 1.53 bits per heavy atom. The largest absolute Gasteiger partial charge is 0.485 e. The topological polar surface area (TPSA) is 59.4 Å². The molecule has 0 saturated heterocycles.